The van der Waals surface area contributed by atoms with Gasteiger partial charge in [0, 0.05) is 11.6 Å². The van der Waals surface area contributed by atoms with Crippen LogP contribution in [0.2, 0.25) is 5.02 Å². The van der Waals surface area contributed by atoms with Crippen LogP contribution in [0.4, 0.5) is 0 Å². The van der Waals surface area contributed by atoms with Crippen LogP contribution in [0, 0.1) is 0 Å². The molecule has 10 heteroatoms. The first-order valence-corrected chi connectivity index (χ1v) is 10.9. The Morgan fingerprint density at radius 2 is 1.74 bits per heavy atom. The van der Waals surface area contributed by atoms with Crippen LogP contribution in [-0.2, 0) is 12.3 Å². The summed E-state index contributed by atoms with van der Waals surface area (Å²) in [4.78, 5) is 0. The van der Waals surface area contributed by atoms with E-state index < -0.39 is 0 Å². The zero-order valence-electron chi connectivity index (χ0n) is 17.2. The van der Waals surface area contributed by atoms with Crippen molar-refractivity contribution in [3.05, 3.63) is 53.4 Å². The maximum atomic E-state index is 6.19. The molecule has 0 radical (unpaired) electrons. The number of hydrogen-bond donors (Lipinski definition) is 0. The third-order valence-electron chi connectivity index (χ3n) is 4.56. The molecule has 0 saturated heterocycles. The number of thioether (sulfide) groups is 1. The second-order valence-corrected chi connectivity index (χ2v) is 7.76. The largest absolute Gasteiger partial charge is 0.496 e. The predicted octanol–water partition coefficient (Wildman–Crippen LogP) is 4.98. The molecule has 160 valence electrons. The first kappa shape index (κ1) is 21.2. The molecule has 0 aliphatic heterocycles. The van der Waals surface area contributed by atoms with Gasteiger partial charge >= 0.3 is 0 Å². The Labute approximate surface area is 188 Å². The van der Waals surface area contributed by atoms with Crippen molar-refractivity contribution in [2.24, 2.45) is 0 Å². The third-order valence-corrected chi connectivity index (χ3v) is 5.75. The summed E-state index contributed by atoms with van der Waals surface area (Å²) in [7, 11) is 3.22. The van der Waals surface area contributed by atoms with Gasteiger partial charge in [0.25, 0.3) is 5.89 Å². The van der Waals surface area contributed by atoms with Crippen LogP contribution in [0.1, 0.15) is 12.8 Å². The van der Waals surface area contributed by atoms with E-state index >= 15 is 0 Å². The summed E-state index contributed by atoms with van der Waals surface area (Å²) in [6, 6.07) is 12.9. The highest BCUT2D eigenvalue weighted by Crippen LogP contribution is 2.34. The molecule has 0 N–H and O–H groups in total. The molecule has 0 amide bonds. The number of para-hydroxylation sites is 1. The van der Waals surface area contributed by atoms with Gasteiger partial charge in [0.15, 0.2) is 11.0 Å². The lowest BCUT2D eigenvalue weighted by Gasteiger charge is -2.10. The lowest BCUT2D eigenvalue weighted by atomic mass is 10.2. The molecule has 0 unspecified atom stereocenters. The highest BCUT2D eigenvalue weighted by molar-refractivity contribution is 7.98. The lowest BCUT2D eigenvalue weighted by Crippen LogP contribution is -2.01. The molecular formula is C21H20ClN5O3S. The summed E-state index contributed by atoms with van der Waals surface area (Å²) < 4.78 is 18.7. The Morgan fingerprint density at radius 3 is 2.52 bits per heavy atom. The van der Waals surface area contributed by atoms with Gasteiger partial charge in [0.05, 0.1) is 31.1 Å². The number of rotatable bonds is 8. The van der Waals surface area contributed by atoms with E-state index in [2.05, 4.69) is 20.4 Å². The molecular weight excluding hydrogens is 438 g/mol. The average molecular weight is 458 g/mol. The van der Waals surface area contributed by atoms with Crippen molar-refractivity contribution in [1.29, 1.82) is 0 Å². The van der Waals surface area contributed by atoms with Gasteiger partial charge in [-0.2, -0.15) is 0 Å². The lowest BCUT2D eigenvalue weighted by molar-refractivity contribution is 0.414. The fourth-order valence-electron chi connectivity index (χ4n) is 3.10. The fourth-order valence-corrected chi connectivity index (χ4v) is 4.11. The standard InChI is InChI=1S/C21H20ClN5O3S/c1-4-27-19(15-11-13(22)9-10-17(15)29-3)24-26-21(27)31-12-18-23-25-20(30-18)14-7-5-6-8-16(14)28-2/h5-11H,4,12H2,1-3H3. The Kier molecular flexibility index (Phi) is 6.43. The quantitative estimate of drug-likeness (QED) is 0.342. The summed E-state index contributed by atoms with van der Waals surface area (Å²) in [5.74, 6) is 3.39. The fraction of sp³-hybridized carbons (Fsp3) is 0.238. The SMILES string of the molecule is CCn1c(SCc2nnc(-c3ccccc3OC)o2)nnc1-c1cc(Cl)ccc1OC. The minimum Gasteiger partial charge on any atom is -0.496 e. The van der Waals surface area contributed by atoms with Crippen molar-refractivity contribution in [3.8, 4) is 34.3 Å². The number of aromatic nitrogens is 5. The molecule has 0 bridgehead atoms. The Hall–Kier alpha value is -3.04. The molecule has 0 atom stereocenters. The molecule has 0 aliphatic rings. The predicted molar refractivity (Wildman–Crippen MR) is 119 cm³/mol. The molecule has 0 fully saturated rings. The number of hydrogen-bond acceptors (Lipinski definition) is 8. The summed E-state index contributed by atoms with van der Waals surface area (Å²) in [5.41, 5.74) is 1.54. The van der Waals surface area contributed by atoms with E-state index in [4.69, 9.17) is 25.5 Å². The van der Waals surface area contributed by atoms with Gasteiger partial charge in [-0.25, -0.2) is 0 Å². The zero-order valence-corrected chi connectivity index (χ0v) is 18.8. The van der Waals surface area contributed by atoms with Crippen LogP contribution < -0.4 is 9.47 Å². The van der Waals surface area contributed by atoms with Gasteiger partial charge in [-0.1, -0.05) is 35.5 Å². The maximum absolute atomic E-state index is 6.19. The molecule has 2 heterocycles. The van der Waals surface area contributed by atoms with Crippen LogP contribution in [0.5, 0.6) is 11.5 Å². The van der Waals surface area contributed by atoms with Crippen molar-refractivity contribution in [2.75, 3.05) is 14.2 Å². The summed E-state index contributed by atoms with van der Waals surface area (Å²) in [5, 5.41) is 18.3. The van der Waals surface area contributed by atoms with Gasteiger partial charge in [-0.05, 0) is 37.3 Å². The van der Waals surface area contributed by atoms with E-state index in [0.29, 0.717) is 46.4 Å². The first-order valence-electron chi connectivity index (χ1n) is 9.50. The van der Waals surface area contributed by atoms with E-state index in [-0.39, 0.29) is 0 Å². The summed E-state index contributed by atoms with van der Waals surface area (Å²) in [6.07, 6.45) is 0. The van der Waals surface area contributed by atoms with Crippen LogP contribution in [0.25, 0.3) is 22.8 Å². The topological polar surface area (TPSA) is 88.1 Å². The highest BCUT2D eigenvalue weighted by atomic mass is 35.5. The van der Waals surface area contributed by atoms with Crippen molar-refractivity contribution < 1.29 is 13.9 Å². The van der Waals surface area contributed by atoms with E-state index in [1.54, 1.807) is 20.3 Å². The smallest absolute Gasteiger partial charge is 0.251 e. The van der Waals surface area contributed by atoms with Crippen molar-refractivity contribution in [1.82, 2.24) is 25.0 Å². The van der Waals surface area contributed by atoms with Crippen molar-refractivity contribution in [3.63, 3.8) is 0 Å². The monoisotopic (exact) mass is 457 g/mol. The van der Waals surface area contributed by atoms with E-state index in [1.165, 1.54) is 11.8 Å². The molecule has 8 nitrogen and oxygen atoms in total. The first-order chi connectivity index (χ1) is 15.1. The highest BCUT2D eigenvalue weighted by Gasteiger charge is 2.19. The Morgan fingerprint density at radius 1 is 0.968 bits per heavy atom. The third kappa shape index (κ3) is 4.38. The number of ether oxygens (including phenoxy) is 2. The molecule has 31 heavy (non-hydrogen) atoms. The molecule has 0 spiro atoms. The van der Waals surface area contributed by atoms with Crippen LogP contribution in [-0.4, -0.2) is 39.2 Å². The number of nitrogens with zero attached hydrogens (tertiary/aromatic N) is 5. The van der Waals surface area contributed by atoms with Gasteiger partial charge in [-0.15, -0.1) is 20.4 Å². The molecule has 2 aromatic carbocycles. The minimum absolute atomic E-state index is 0.411. The normalized spacial score (nSPS) is 11.0. The van der Waals surface area contributed by atoms with E-state index in [0.717, 1.165) is 16.3 Å². The van der Waals surface area contributed by atoms with E-state index in [9.17, 15) is 0 Å². The minimum atomic E-state index is 0.411. The van der Waals surface area contributed by atoms with Crippen LogP contribution in [0.3, 0.4) is 0 Å². The van der Waals surface area contributed by atoms with Crippen molar-refractivity contribution >= 4 is 23.4 Å². The molecule has 4 rings (SSSR count). The van der Waals surface area contributed by atoms with Gasteiger partial charge in [-0.3, -0.25) is 0 Å². The van der Waals surface area contributed by atoms with E-state index in [1.807, 2.05) is 47.9 Å². The summed E-state index contributed by atoms with van der Waals surface area (Å²) in [6.45, 7) is 2.71. The Balaban J connectivity index is 1.56. The number of benzene rings is 2. The van der Waals surface area contributed by atoms with Gasteiger partial charge < -0.3 is 18.5 Å². The molecule has 4 aromatic rings. The van der Waals surface area contributed by atoms with Crippen molar-refractivity contribution in [2.45, 2.75) is 24.4 Å². The second-order valence-electron chi connectivity index (χ2n) is 6.38. The van der Waals surface area contributed by atoms with Crippen LogP contribution >= 0.6 is 23.4 Å². The number of halogens is 1. The maximum Gasteiger partial charge on any atom is 0.251 e. The van der Waals surface area contributed by atoms with Gasteiger partial charge in [0.1, 0.15) is 11.5 Å². The Bertz CT molecular complexity index is 1190. The summed E-state index contributed by atoms with van der Waals surface area (Å²) >= 11 is 7.65. The average Bonchev–Trinajstić information content (AvgIpc) is 3.44. The molecule has 0 aliphatic carbocycles. The van der Waals surface area contributed by atoms with Crippen LogP contribution in [0.15, 0.2) is 52.0 Å². The molecule has 2 aromatic heterocycles. The zero-order chi connectivity index (χ0) is 21.8. The molecule has 0 saturated carbocycles. The van der Waals surface area contributed by atoms with Gasteiger partial charge in [0.2, 0.25) is 5.89 Å². The second kappa shape index (κ2) is 9.40. The number of methoxy groups -OCH3 is 2.